The zero-order chi connectivity index (χ0) is 27.9. The highest BCUT2D eigenvalue weighted by molar-refractivity contribution is 5.93. The number of carbonyl (C=O) groups is 4. The molecule has 0 aromatic heterocycles. The Morgan fingerprint density at radius 2 is 1.42 bits per heavy atom. The van der Waals surface area contributed by atoms with Gasteiger partial charge >= 0.3 is 12.1 Å². The van der Waals surface area contributed by atoms with Crippen LogP contribution in [-0.4, -0.2) is 53.7 Å². The van der Waals surface area contributed by atoms with Gasteiger partial charge in [0, 0.05) is 6.42 Å². The molecule has 6 N–H and O–H groups in total. The molecule has 206 valence electrons. The van der Waals surface area contributed by atoms with Crippen LogP contribution in [0.2, 0.25) is 0 Å². The fourth-order valence-electron chi connectivity index (χ4n) is 3.77. The second-order valence-corrected chi connectivity index (χ2v) is 9.36. The lowest BCUT2D eigenvalue weighted by Crippen LogP contribution is -2.57. The number of unbranched alkanes of at least 4 members (excludes halogenated alkanes) is 1. The summed E-state index contributed by atoms with van der Waals surface area (Å²) in [5.41, 5.74) is 7.07. The minimum absolute atomic E-state index is 0.0319. The van der Waals surface area contributed by atoms with Crippen molar-refractivity contribution in [3.8, 4) is 0 Å². The Labute approximate surface area is 223 Å². The maximum atomic E-state index is 13.3. The normalized spacial score (nSPS) is 13.2. The van der Waals surface area contributed by atoms with Crippen molar-refractivity contribution in [2.75, 3.05) is 6.54 Å². The van der Waals surface area contributed by atoms with E-state index in [1.807, 2.05) is 60.7 Å². The topological polar surface area (TPSA) is 160 Å². The number of benzene rings is 2. The first-order valence-corrected chi connectivity index (χ1v) is 12.8. The minimum atomic E-state index is -1.16. The first-order valence-electron chi connectivity index (χ1n) is 12.8. The van der Waals surface area contributed by atoms with E-state index in [0.29, 0.717) is 19.4 Å². The van der Waals surface area contributed by atoms with Gasteiger partial charge in [0.2, 0.25) is 11.8 Å². The van der Waals surface area contributed by atoms with Crippen molar-refractivity contribution in [1.82, 2.24) is 16.0 Å². The largest absolute Gasteiger partial charge is 0.480 e. The van der Waals surface area contributed by atoms with Crippen LogP contribution in [0.4, 0.5) is 4.79 Å². The zero-order valence-corrected chi connectivity index (χ0v) is 21.9. The van der Waals surface area contributed by atoms with E-state index in [4.69, 9.17) is 10.5 Å². The Bertz CT molecular complexity index is 1030. The molecule has 0 bridgehead atoms. The lowest BCUT2D eigenvalue weighted by Gasteiger charge is -2.26. The third kappa shape index (κ3) is 10.6. The summed E-state index contributed by atoms with van der Waals surface area (Å²) in [5.74, 6) is -2.71. The van der Waals surface area contributed by atoms with E-state index in [1.165, 1.54) is 0 Å². The summed E-state index contributed by atoms with van der Waals surface area (Å²) >= 11 is 0. The van der Waals surface area contributed by atoms with E-state index in [2.05, 4.69) is 16.0 Å². The van der Waals surface area contributed by atoms with Gasteiger partial charge in [-0.1, -0.05) is 74.5 Å². The summed E-state index contributed by atoms with van der Waals surface area (Å²) in [6.07, 6.45) is 0.790. The number of nitrogens with two attached hydrogens (primary N) is 1. The first-order chi connectivity index (χ1) is 18.2. The molecule has 0 spiro atoms. The molecule has 0 fully saturated rings. The highest BCUT2D eigenvalue weighted by Gasteiger charge is 2.31. The quantitative estimate of drug-likeness (QED) is 0.223. The predicted molar refractivity (Wildman–Crippen MR) is 143 cm³/mol. The van der Waals surface area contributed by atoms with Gasteiger partial charge in [0.15, 0.2) is 0 Å². The van der Waals surface area contributed by atoms with Gasteiger partial charge in [-0.05, 0) is 42.9 Å². The van der Waals surface area contributed by atoms with Crippen LogP contribution >= 0.6 is 0 Å². The number of ether oxygens (including phenoxy) is 1. The van der Waals surface area contributed by atoms with Crippen LogP contribution in [0.1, 0.15) is 44.2 Å². The number of carbonyl (C=O) groups excluding carboxylic acids is 3. The van der Waals surface area contributed by atoms with Crippen molar-refractivity contribution in [2.45, 2.75) is 64.3 Å². The maximum Gasteiger partial charge on any atom is 0.408 e. The Balaban J connectivity index is 2.11. The van der Waals surface area contributed by atoms with Gasteiger partial charge in [-0.25, -0.2) is 9.59 Å². The Morgan fingerprint density at radius 1 is 0.816 bits per heavy atom. The fourth-order valence-corrected chi connectivity index (χ4v) is 3.77. The molecule has 2 rings (SSSR count). The van der Waals surface area contributed by atoms with Crippen LogP contribution in [0.5, 0.6) is 0 Å². The molecule has 10 nitrogen and oxygen atoms in total. The summed E-state index contributed by atoms with van der Waals surface area (Å²) in [4.78, 5) is 50.5. The van der Waals surface area contributed by atoms with E-state index < -0.39 is 42.0 Å². The number of nitrogens with one attached hydrogen (secondary N) is 3. The number of rotatable bonds is 15. The monoisotopic (exact) mass is 526 g/mol. The van der Waals surface area contributed by atoms with Crippen molar-refractivity contribution in [3.63, 3.8) is 0 Å². The van der Waals surface area contributed by atoms with Crippen LogP contribution in [0.3, 0.4) is 0 Å². The lowest BCUT2D eigenvalue weighted by molar-refractivity contribution is -0.142. The minimum Gasteiger partial charge on any atom is -0.480 e. The number of carboxylic acids is 1. The van der Waals surface area contributed by atoms with E-state index in [9.17, 15) is 24.3 Å². The molecule has 2 aromatic rings. The summed E-state index contributed by atoms with van der Waals surface area (Å²) in [6, 6.07) is 15.1. The Morgan fingerprint density at radius 3 is 1.97 bits per heavy atom. The van der Waals surface area contributed by atoms with Gasteiger partial charge in [0.25, 0.3) is 0 Å². The molecule has 0 unspecified atom stereocenters. The number of amides is 3. The van der Waals surface area contributed by atoms with Crippen molar-refractivity contribution >= 4 is 23.9 Å². The van der Waals surface area contributed by atoms with Gasteiger partial charge in [-0.15, -0.1) is 0 Å². The average molecular weight is 527 g/mol. The van der Waals surface area contributed by atoms with Crippen LogP contribution < -0.4 is 21.7 Å². The second-order valence-electron chi connectivity index (χ2n) is 9.36. The van der Waals surface area contributed by atoms with E-state index >= 15 is 0 Å². The molecular formula is C28H38N4O6. The van der Waals surface area contributed by atoms with Gasteiger partial charge < -0.3 is 31.5 Å². The Kier molecular flexibility index (Phi) is 12.8. The third-order valence-electron chi connectivity index (χ3n) is 5.91. The molecule has 0 radical (unpaired) electrons. The number of aliphatic carboxylic acids is 1. The fraction of sp³-hybridized carbons (Fsp3) is 0.429. The molecule has 0 saturated carbocycles. The highest BCUT2D eigenvalue weighted by atomic mass is 16.5. The second kappa shape index (κ2) is 16.0. The average Bonchev–Trinajstić information content (AvgIpc) is 2.90. The van der Waals surface area contributed by atoms with E-state index in [-0.39, 0.29) is 25.4 Å². The molecule has 0 aliphatic heterocycles. The molecule has 10 heteroatoms. The van der Waals surface area contributed by atoms with E-state index in [1.54, 1.807) is 13.8 Å². The van der Waals surface area contributed by atoms with Crippen LogP contribution in [-0.2, 0) is 32.1 Å². The predicted octanol–water partition coefficient (Wildman–Crippen LogP) is 2.36. The van der Waals surface area contributed by atoms with Crippen LogP contribution in [0.15, 0.2) is 60.7 Å². The van der Waals surface area contributed by atoms with Crippen molar-refractivity contribution in [3.05, 3.63) is 71.8 Å². The molecule has 0 saturated heterocycles. The highest BCUT2D eigenvalue weighted by Crippen LogP contribution is 2.09. The molecule has 3 atom stereocenters. The van der Waals surface area contributed by atoms with E-state index in [0.717, 1.165) is 11.1 Å². The molecule has 38 heavy (non-hydrogen) atoms. The number of carboxylic acid groups (broad SMARTS) is 1. The molecule has 3 amide bonds. The smallest absolute Gasteiger partial charge is 0.408 e. The third-order valence-corrected chi connectivity index (χ3v) is 5.91. The standard InChI is InChI=1S/C28H38N4O6/c1-19(2)24(26(34)30-22(27(35)36)15-9-10-16-29)32-25(33)23(17-20-11-5-3-6-12-20)31-28(37)38-18-21-13-7-4-8-14-21/h3-8,11-14,19,22-24H,9-10,15-18,29H2,1-2H3,(H,30,34)(H,31,37)(H,32,33)(H,35,36)/t22-,23-,24-/m0/s1. The Hall–Kier alpha value is -3.92. The summed E-state index contributed by atoms with van der Waals surface area (Å²) in [5, 5.41) is 17.3. The van der Waals surface area contributed by atoms with Gasteiger partial charge in [-0.2, -0.15) is 0 Å². The maximum absolute atomic E-state index is 13.3. The molecular weight excluding hydrogens is 488 g/mol. The zero-order valence-electron chi connectivity index (χ0n) is 21.9. The lowest BCUT2D eigenvalue weighted by atomic mass is 10.00. The van der Waals surface area contributed by atoms with Gasteiger partial charge in [-0.3, -0.25) is 9.59 Å². The van der Waals surface area contributed by atoms with Crippen LogP contribution in [0.25, 0.3) is 0 Å². The molecule has 0 aliphatic carbocycles. The van der Waals surface area contributed by atoms with Crippen molar-refractivity contribution < 1.29 is 29.0 Å². The van der Waals surface area contributed by atoms with Gasteiger partial charge in [0.05, 0.1) is 0 Å². The molecule has 0 aliphatic rings. The molecule has 0 heterocycles. The van der Waals surface area contributed by atoms with Gasteiger partial charge in [0.1, 0.15) is 24.7 Å². The first kappa shape index (κ1) is 30.3. The number of hydrogen-bond donors (Lipinski definition) is 5. The van der Waals surface area contributed by atoms with Crippen molar-refractivity contribution in [2.24, 2.45) is 11.7 Å². The summed E-state index contributed by atoms with van der Waals surface area (Å²) in [7, 11) is 0. The van der Waals surface area contributed by atoms with Crippen LogP contribution in [0, 0.1) is 5.92 Å². The number of hydrogen-bond acceptors (Lipinski definition) is 6. The summed E-state index contributed by atoms with van der Waals surface area (Å²) in [6.45, 7) is 3.93. The molecule has 2 aromatic carbocycles. The SMILES string of the molecule is CC(C)[C@H](NC(=O)[C@H](Cc1ccccc1)NC(=O)OCc1ccccc1)C(=O)N[C@@H](CCCCN)C(=O)O. The summed E-state index contributed by atoms with van der Waals surface area (Å²) < 4.78 is 5.29. The number of alkyl carbamates (subject to hydrolysis) is 1. The van der Waals surface area contributed by atoms with Crippen molar-refractivity contribution in [1.29, 1.82) is 0 Å².